The van der Waals surface area contributed by atoms with E-state index in [4.69, 9.17) is 0 Å². The van der Waals surface area contributed by atoms with Crippen molar-refractivity contribution in [2.75, 3.05) is 0 Å². The molecule has 2 aromatic carbocycles. The summed E-state index contributed by atoms with van der Waals surface area (Å²) >= 11 is -2.24. The van der Waals surface area contributed by atoms with Gasteiger partial charge in [-0.25, -0.2) is 0 Å². The van der Waals surface area contributed by atoms with Gasteiger partial charge in [0.15, 0.2) is 0 Å². The summed E-state index contributed by atoms with van der Waals surface area (Å²) in [6.07, 6.45) is 5.07. The van der Waals surface area contributed by atoms with Crippen LogP contribution in [0.5, 0.6) is 0 Å². The first-order chi connectivity index (χ1) is 11.2. The van der Waals surface area contributed by atoms with Crippen LogP contribution in [0, 0.1) is 0 Å². The Labute approximate surface area is 144 Å². The molecular formula is C22H28Ge. The summed E-state index contributed by atoms with van der Waals surface area (Å²) in [4.78, 5) is 0. The number of allylic oxidation sites excluding steroid dienone is 2. The van der Waals surface area contributed by atoms with Crippen molar-refractivity contribution < 1.29 is 0 Å². The SMILES string of the molecule is CCCC1=[C](CCC)[Ge]([CH3])([CH2]c2ccccc2)[c]2ccccc21. The molecule has 1 heterocycles. The van der Waals surface area contributed by atoms with E-state index >= 15 is 0 Å². The number of benzene rings is 2. The van der Waals surface area contributed by atoms with Crippen molar-refractivity contribution in [3.05, 3.63) is 70.1 Å². The third-order valence-corrected chi connectivity index (χ3v) is 15.0. The summed E-state index contributed by atoms with van der Waals surface area (Å²) in [5.74, 6) is 2.65. The Morgan fingerprint density at radius 3 is 2.13 bits per heavy atom. The van der Waals surface area contributed by atoms with Crippen LogP contribution >= 0.6 is 0 Å². The van der Waals surface area contributed by atoms with Crippen molar-refractivity contribution >= 4 is 23.2 Å². The Hall–Kier alpha value is -1.28. The predicted octanol–water partition coefficient (Wildman–Crippen LogP) is 5.66. The molecule has 1 unspecified atom stereocenters. The maximum atomic E-state index is 2.65. The van der Waals surface area contributed by atoms with E-state index in [9.17, 15) is 0 Å². The monoisotopic (exact) mass is 366 g/mol. The van der Waals surface area contributed by atoms with E-state index in [1.807, 2.05) is 4.41 Å². The molecule has 1 heteroatoms. The van der Waals surface area contributed by atoms with Gasteiger partial charge >= 0.3 is 144 Å². The van der Waals surface area contributed by atoms with E-state index in [-0.39, 0.29) is 0 Å². The fourth-order valence-electron chi connectivity index (χ4n) is 4.30. The van der Waals surface area contributed by atoms with Gasteiger partial charge in [0.2, 0.25) is 0 Å². The van der Waals surface area contributed by atoms with Crippen LogP contribution in [0.2, 0.25) is 5.76 Å². The summed E-state index contributed by atoms with van der Waals surface area (Å²) < 4.78 is 3.60. The summed E-state index contributed by atoms with van der Waals surface area (Å²) in [6.45, 7) is 4.66. The van der Waals surface area contributed by atoms with Crippen molar-refractivity contribution in [1.82, 2.24) is 0 Å². The predicted molar refractivity (Wildman–Crippen MR) is 105 cm³/mol. The van der Waals surface area contributed by atoms with Gasteiger partial charge in [0.1, 0.15) is 0 Å². The standard InChI is InChI=1S/C22H28Ge/c1-4-11-19-20-15-9-10-16-22(20)23(3,21(19)12-5-2)17-18-13-7-6-8-14-18/h6-10,13-16H,4-5,11-12,17H2,1-3H3. The van der Waals surface area contributed by atoms with Crippen LogP contribution in [0.4, 0.5) is 0 Å². The molecule has 1 atom stereocenters. The second kappa shape index (κ2) is 7.09. The molecule has 1 aliphatic heterocycles. The molecular weight excluding hydrogens is 337 g/mol. The molecule has 120 valence electrons. The van der Waals surface area contributed by atoms with Gasteiger partial charge in [-0.15, -0.1) is 0 Å². The molecule has 1 aliphatic rings. The van der Waals surface area contributed by atoms with Crippen LogP contribution in [0.1, 0.15) is 50.7 Å². The van der Waals surface area contributed by atoms with E-state index in [0.29, 0.717) is 0 Å². The summed E-state index contributed by atoms with van der Waals surface area (Å²) in [5, 5.41) is 1.29. The first-order valence-electron chi connectivity index (χ1n) is 9.07. The normalized spacial score (nSPS) is 20.0. The van der Waals surface area contributed by atoms with E-state index in [0.717, 1.165) is 0 Å². The third kappa shape index (κ3) is 3.06. The minimum atomic E-state index is -2.24. The van der Waals surface area contributed by atoms with E-state index in [1.54, 1.807) is 15.5 Å². The van der Waals surface area contributed by atoms with E-state index in [2.05, 4.69) is 74.2 Å². The zero-order chi connectivity index (χ0) is 16.3. The summed E-state index contributed by atoms with van der Waals surface area (Å²) in [6, 6.07) is 20.5. The fraction of sp³-hybridized carbons (Fsp3) is 0.364. The molecule has 0 spiro atoms. The second-order valence-corrected chi connectivity index (χ2v) is 15.7. The molecule has 0 saturated carbocycles. The van der Waals surface area contributed by atoms with Crippen LogP contribution in [-0.2, 0) is 5.25 Å². The van der Waals surface area contributed by atoms with Crippen LogP contribution < -0.4 is 4.40 Å². The quantitative estimate of drug-likeness (QED) is 0.580. The second-order valence-electron chi connectivity index (χ2n) is 7.00. The molecule has 0 amide bonds. The van der Waals surface area contributed by atoms with Gasteiger partial charge in [-0.2, -0.15) is 0 Å². The molecule has 0 nitrogen and oxygen atoms in total. The zero-order valence-corrected chi connectivity index (χ0v) is 16.8. The Morgan fingerprint density at radius 1 is 0.783 bits per heavy atom. The van der Waals surface area contributed by atoms with Gasteiger partial charge < -0.3 is 0 Å². The molecule has 0 aliphatic carbocycles. The maximum absolute atomic E-state index is 2.65. The summed E-state index contributed by atoms with van der Waals surface area (Å²) in [7, 11) is 0. The van der Waals surface area contributed by atoms with Crippen molar-refractivity contribution in [2.45, 2.75) is 50.5 Å². The van der Waals surface area contributed by atoms with Gasteiger partial charge in [-0.1, -0.05) is 0 Å². The van der Waals surface area contributed by atoms with Crippen LogP contribution in [-0.4, -0.2) is 13.3 Å². The van der Waals surface area contributed by atoms with Crippen LogP contribution in [0.15, 0.2) is 59.0 Å². The number of fused-ring (bicyclic) bond motifs is 1. The topological polar surface area (TPSA) is 0 Å². The van der Waals surface area contributed by atoms with Crippen molar-refractivity contribution in [2.24, 2.45) is 0 Å². The molecule has 0 bridgehead atoms. The Kier molecular flexibility index (Phi) is 5.11. The molecule has 0 N–H and O–H groups in total. The number of rotatable bonds is 6. The Bertz CT molecular complexity index is 699. The zero-order valence-electron chi connectivity index (χ0n) is 14.7. The Morgan fingerprint density at radius 2 is 1.43 bits per heavy atom. The van der Waals surface area contributed by atoms with Crippen molar-refractivity contribution in [3.63, 3.8) is 0 Å². The number of hydrogen-bond donors (Lipinski definition) is 0. The molecule has 0 aromatic heterocycles. The molecule has 0 radical (unpaired) electrons. The average molecular weight is 365 g/mol. The molecule has 23 heavy (non-hydrogen) atoms. The first kappa shape index (κ1) is 16.6. The van der Waals surface area contributed by atoms with Crippen LogP contribution in [0.25, 0.3) is 5.57 Å². The van der Waals surface area contributed by atoms with Gasteiger partial charge in [-0.05, 0) is 0 Å². The van der Waals surface area contributed by atoms with Gasteiger partial charge in [0.05, 0.1) is 0 Å². The van der Waals surface area contributed by atoms with Crippen molar-refractivity contribution in [1.29, 1.82) is 0 Å². The van der Waals surface area contributed by atoms with E-state index < -0.39 is 13.3 Å². The van der Waals surface area contributed by atoms with Crippen LogP contribution in [0.3, 0.4) is 0 Å². The third-order valence-electron chi connectivity index (χ3n) is 5.28. The Balaban J connectivity index is 2.12. The summed E-state index contributed by atoms with van der Waals surface area (Å²) in [5.41, 5.74) is 4.83. The van der Waals surface area contributed by atoms with Gasteiger partial charge in [0, 0.05) is 0 Å². The van der Waals surface area contributed by atoms with E-state index in [1.165, 1.54) is 36.5 Å². The average Bonchev–Trinajstić information content (AvgIpc) is 2.80. The number of hydrogen-bond acceptors (Lipinski definition) is 0. The van der Waals surface area contributed by atoms with Crippen molar-refractivity contribution in [3.8, 4) is 0 Å². The first-order valence-corrected chi connectivity index (χ1v) is 14.7. The molecule has 0 saturated heterocycles. The molecule has 2 aromatic rings. The minimum absolute atomic E-state index is 1.25. The van der Waals surface area contributed by atoms with Gasteiger partial charge in [0.25, 0.3) is 0 Å². The van der Waals surface area contributed by atoms with Gasteiger partial charge in [-0.3, -0.25) is 0 Å². The molecule has 0 fully saturated rings. The fourth-order valence-corrected chi connectivity index (χ4v) is 14.4. The molecule has 3 rings (SSSR count).